The topological polar surface area (TPSA) is 66.4 Å². The molecular weight excluding hydrogens is 254 g/mol. The number of benzene rings is 2. The van der Waals surface area contributed by atoms with Gasteiger partial charge in [0.25, 0.3) is 5.91 Å². The summed E-state index contributed by atoms with van der Waals surface area (Å²) in [4.78, 5) is 23.1. The number of carbonyl (C=O) groups is 2. The molecule has 2 rings (SSSR count). The number of nitrogens with one attached hydrogen (secondary N) is 1. The Morgan fingerprint density at radius 2 is 1.60 bits per heavy atom. The van der Waals surface area contributed by atoms with Gasteiger partial charge in [-0.25, -0.2) is 4.79 Å². The molecule has 0 fully saturated rings. The van der Waals surface area contributed by atoms with Crippen LogP contribution in [0.5, 0.6) is 0 Å². The van der Waals surface area contributed by atoms with Crippen LogP contribution >= 0.6 is 0 Å². The van der Waals surface area contributed by atoms with Crippen molar-refractivity contribution in [2.24, 2.45) is 0 Å². The van der Waals surface area contributed by atoms with Crippen LogP contribution in [0.4, 0.5) is 5.69 Å². The molecule has 0 aliphatic rings. The number of carbonyl (C=O) groups excluding carboxylic acids is 1. The SMILES string of the molecule is C#Cc1ccc(NC(=O)c2ccccc2C(=O)O)cc1. The first kappa shape index (κ1) is 13.4. The van der Waals surface area contributed by atoms with E-state index < -0.39 is 11.9 Å². The molecule has 0 saturated carbocycles. The van der Waals surface area contributed by atoms with Gasteiger partial charge in [-0.15, -0.1) is 6.42 Å². The van der Waals surface area contributed by atoms with Crippen molar-refractivity contribution in [3.05, 3.63) is 65.2 Å². The lowest BCUT2D eigenvalue weighted by Crippen LogP contribution is -2.16. The fraction of sp³-hybridized carbons (Fsp3) is 0. The minimum atomic E-state index is -1.14. The van der Waals surface area contributed by atoms with Gasteiger partial charge in [0.2, 0.25) is 0 Å². The van der Waals surface area contributed by atoms with Crippen molar-refractivity contribution < 1.29 is 14.7 Å². The van der Waals surface area contributed by atoms with Crippen molar-refractivity contribution in [1.82, 2.24) is 0 Å². The van der Waals surface area contributed by atoms with Crippen LogP contribution in [0.2, 0.25) is 0 Å². The van der Waals surface area contributed by atoms with E-state index in [1.807, 2.05) is 0 Å². The third kappa shape index (κ3) is 2.85. The van der Waals surface area contributed by atoms with Gasteiger partial charge in [0, 0.05) is 11.3 Å². The van der Waals surface area contributed by atoms with Crippen molar-refractivity contribution in [3.63, 3.8) is 0 Å². The lowest BCUT2D eigenvalue weighted by atomic mass is 10.1. The van der Waals surface area contributed by atoms with E-state index in [9.17, 15) is 9.59 Å². The Labute approximate surface area is 116 Å². The van der Waals surface area contributed by atoms with Crippen molar-refractivity contribution in [2.45, 2.75) is 0 Å². The maximum absolute atomic E-state index is 12.1. The highest BCUT2D eigenvalue weighted by atomic mass is 16.4. The molecule has 4 nitrogen and oxygen atoms in total. The number of hydrogen-bond donors (Lipinski definition) is 2. The average Bonchev–Trinajstić information content (AvgIpc) is 2.48. The number of carboxylic acids is 1. The second-order valence-corrected chi connectivity index (χ2v) is 4.03. The van der Waals surface area contributed by atoms with Crippen LogP contribution in [-0.4, -0.2) is 17.0 Å². The Balaban J connectivity index is 2.24. The summed E-state index contributed by atoms with van der Waals surface area (Å²) in [5.74, 6) is 0.857. The molecule has 0 aliphatic heterocycles. The van der Waals surface area contributed by atoms with E-state index in [2.05, 4.69) is 11.2 Å². The molecule has 0 saturated heterocycles. The normalized spacial score (nSPS) is 9.55. The van der Waals surface area contributed by atoms with Crippen LogP contribution < -0.4 is 5.32 Å². The van der Waals surface area contributed by atoms with Crippen LogP contribution in [0.25, 0.3) is 0 Å². The van der Waals surface area contributed by atoms with Crippen LogP contribution in [0, 0.1) is 12.3 Å². The molecule has 4 heteroatoms. The number of aromatic carboxylic acids is 1. The summed E-state index contributed by atoms with van der Waals surface area (Å²) in [7, 11) is 0. The van der Waals surface area contributed by atoms with Crippen molar-refractivity contribution in [2.75, 3.05) is 5.32 Å². The Morgan fingerprint density at radius 3 is 2.15 bits per heavy atom. The zero-order chi connectivity index (χ0) is 14.5. The molecule has 0 heterocycles. The zero-order valence-electron chi connectivity index (χ0n) is 10.5. The second-order valence-electron chi connectivity index (χ2n) is 4.03. The van der Waals surface area contributed by atoms with E-state index in [1.165, 1.54) is 12.1 Å². The zero-order valence-corrected chi connectivity index (χ0v) is 10.5. The molecule has 0 spiro atoms. The summed E-state index contributed by atoms with van der Waals surface area (Å²) < 4.78 is 0. The largest absolute Gasteiger partial charge is 0.478 e. The van der Waals surface area contributed by atoms with Crippen molar-refractivity contribution in [3.8, 4) is 12.3 Å². The highest BCUT2D eigenvalue weighted by Crippen LogP contribution is 2.14. The molecule has 2 aromatic rings. The summed E-state index contributed by atoms with van der Waals surface area (Å²) in [6.45, 7) is 0. The van der Waals surface area contributed by atoms with Crippen LogP contribution in [0.1, 0.15) is 26.3 Å². The fourth-order valence-electron chi connectivity index (χ4n) is 1.72. The summed E-state index contributed by atoms with van der Waals surface area (Å²) in [6, 6.07) is 12.8. The first-order valence-electron chi connectivity index (χ1n) is 5.82. The molecule has 2 aromatic carbocycles. The number of anilines is 1. The molecule has 0 atom stereocenters. The predicted octanol–water partition coefficient (Wildman–Crippen LogP) is 2.62. The Morgan fingerprint density at radius 1 is 1.00 bits per heavy atom. The average molecular weight is 265 g/mol. The number of carboxylic acid groups (broad SMARTS) is 1. The first-order valence-corrected chi connectivity index (χ1v) is 5.82. The second kappa shape index (κ2) is 5.72. The third-order valence-corrected chi connectivity index (χ3v) is 2.71. The van der Waals surface area contributed by atoms with Gasteiger partial charge < -0.3 is 10.4 Å². The van der Waals surface area contributed by atoms with E-state index in [1.54, 1.807) is 36.4 Å². The van der Waals surface area contributed by atoms with Gasteiger partial charge in [-0.05, 0) is 36.4 Å². The van der Waals surface area contributed by atoms with Crippen LogP contribution in [-0.2, 0) is 0 Å². The maximum atomic E-state index is 12.1. The Bertz CT molecular complexity index is 696. The van der Waals surface area contributed by atoms with E-state index in [0.717, 1.165) is 0 Å². The van der Waals surface area contributed by atoms with Gasteiger partial charge in [-0.1, -0.05) is 18.1 Å². The number of rotatable bonds is 3. The summed E-state index contributed by atoms with van der Waals surface area (Å²) >= 11 is 0. The maximum Gasteiger partial charge on any atom is 0.336 e. The summed E-state index contributed by atoms with van der Waals surface area (Å²) in [5.41, 5.74) is 1.33. The Kier molecular flexibility index (Phi) is 3.82. The molecule has 20 heavy (non-hydrogen) atoms. The lowest BCUT2D eigenvalue weighted by Gasteiger charge is -2.07. The molecule has 0 bridgehead atoms. The molecule has 98 valence electrons. The van der Waals surface area contributed by atoms with Gasteiger partial charge in [0.1, 0.15) is 0 Å². The van der Waals surface area contributed by atoms with Crippen molar-refractivity contribution in [1.29, 1.82) is 0 Å². The molecule has 1 amide bonds. The minimum Gasteiger partial charge on any atom is -0.478 e. The van der Waals surface area contributed by atoms with Gasteiger partial charge in [-0.3, -0.25) is 4.79 Å². The van der Waals surface area contributed by atoms with Gasteiger partial charge in [0.05, 0.1) is 11.1 Å². The van der Waals surface area contributed by atoms with E-state index in [4.69, 9.17) is 11.5 Å². The molecule has 0 unspecified atom stereocenters. The standard InChI is InChI=1S/C16H11NO3/c1-2-11-7-9-12(10-8-11)17-15(18)13-5-3-4-6-14(13)16(19)20/h1,3-10H,(H,17,18)(H,19,20). The van der Waals surface area contributed by atoms with Gasteiger partial charge in [-0.2, -0.15) is 0 Å². The first-order chi connectivity index (χ1) is 9.61. The van der Waals surface area contributed by atoms with Crippen LogP contribution in [0.3, 0.4) is 0 Å². The van der Waals surface area contributed by atoms with E-state index in [0.29, 0.717) is 11.3 Å². The fourth-order valence-corrected chi connectivity index (χ4v) is 1.72. The van der Waals surface area contributed by atoms with Gasteiger partial charge in [0.15, 0.2) is 0 Å². The quantitative estimate of drug-likeness (QED) is 0.838. The summed E-state index contributed by atoms with van der Waals surface area (Å²) in [6.07, 6.45) is 5.24. The monoisotopic (exact) mass is 265 g/mol. The smallest absolute Gasteiger partial charge is 0.336 e. The third-order valence-electron chi connectivity index (χ3n) is 2.71. The lowest BCUT2D eigenvalue weighted by molar-refractivity contribution is 0.0692. The van der Waals surface area contributed by atoms with Crippen molar-refractivity contribution >= 4 is 17.6 Å². The number of terminal acetylenes is 1. The van der Waals surface area contributed by atoms with E-state index in [-0.39, 0.29) is 11.1 Å². The highest BCUT2D eigenvalue weighted by Gasteiger charge is 2.15. The minimum absolute atomic E-state index is 0.0368. The molecule has 0 radical (unpaired) electrons. The Hall–Kier alpha value is -3.06. The molecule has 0 aliphatic carbocycles. The van der Waals surface area contributed by atoms with Crippen LogP contribution in [0.15, 0.2) is 48.5 Å². The number of amides is 1. The highest BCUT2D eigenvalue weighted by molar-refractivity contribution is 6.10. The summed E-state index contributed by atoms with van der Waals surface area (Å²) in [5, 5.41) is 11.7. The predicted molar refractivity (Wildman–Crippen MR) is 75.7 cm³/mol. The van der Waals surface area contributed by atoms with E-state index >= 15 is 0 Å². The molecule has 2 N–H and O–H groups in total. The number of hydrogen-bond acceptors (Lipinski definition) is 2. The van der Waals surface area contributed by atoms with Gasteiger partial charge >= 0.3 is 5.97 Å². The molecule has 0 aromatic heterocycles. The molecular formula is C16H11NO3.